The lowest BCUT2D eigenvalue weighted by molar-refractivity contribution is -0.147. The van der Waals surface area contributed by atoms with E-state index in [2.05, 4.69) is 26.3 Å². The van der Waals surface area contributed by atoms with Gasteiger partial charge >= 0.3 is 5.97 Å². The van der Waals surface area contributed by atoms with Crippen LogP contribution in [0.2, 0.25) is 0 Å². The molecular formula is C15H24BrN3O2. The zero-order valence-corrected chi connectivity index (χ0v) is 14.7. The van der Waals surface area contributed by atoms with Gasteiger partial charge in [0.1, 0.15) is 5.54 Å². The summed E-state index contributed by atoms with van der Waals surface area (Å²) in [6.45, 7) is 7.98. The van der Waals surface area contributed by atoms with Crippen molar-refractivity contribution in [1.82, 2.24) is 15.1 Å². The van der Waals surface area contributed by atoms with Crippen molar-refractivity contribution in [2.24, 2.45) is 0 Å². The maximum Gasteiger partial charge on any atom is 0.323 e. The van der Waals surface area contributed by atoms with E-state index in [-0.39, 0.29) is 12.1 Å². The quantitative estimate of drug-likeness (QED) is 0.868. The number of hydrogen-bond donors (Lipinski definition) is 2. The molecule has 0 saturated heterocycles. The summed E-state index contributed by atoms with van der Waals surface area (Å²) < 4.78 is 3.02. The molecule has 1 aliphatic rings. The molecule has 0 aromatic carbocycles. The van der Waals surface area contributed by atoms with Gasteiger partial charge in [-0.15, -0.1) is 0 Å². The van der Waals surface area contributed by atoms with Gasteiger partial charge in [0.2, 0.25) is 0 Å². The number of halogens is 1. The molecule has 2 rings (SSSR count). The van der Waals surface area contributed by atoms with E-state index in [9.17, 15) is 9.90 Å². The highest BCUT2D eigenvalue weighted by Crippen LogP contribution is 2.37. The Morgan fingerprint density at radius 1 is 1.52 bits per heavy atom. The Morgan fingerprint density at radius 2 is 2.19 bits per heavy atom. The van der Waals surface area contributed by atoms with Gasteiger partial charge in [0, 0.05) is 6.04 Å². The van der Waals surface area contributed by atoms with Crippen molar-refractivity contribution in [3.63, 3.8) is 0 Å². The van der Waals surface area contributed by atoms with Crippen molar-refractivity contribution >= 4 is 21.9 Å². The molecule has 1 aromatic heterocycles. The second-order valence-corrected chi connectivity index (χ2v) is 7.16. The number of aryl methyl sites for hydroxylation is 1. The molecule has 0 spiro atoms. The summed E-state index contributed by atoms with van der Waals surface area (Å²) in [4.78, 5) is 11.8. The van der Waals surface area contributed by atoms with Crippen molar-refractivity contribution in [2.75, 3.05) is 0 Å². The van der Waals surface area contributed by atoms with Crippen LogP contribution < -0.4 is 5.32 Å². The lowest BCUT2D eigenvalue weighted by Crippen LogP contribution is -2.57. The van der Waals surface area contributed by atoms with Gasteiger partial charge in [-0.25, -0.2) is 0 Å². The van der Waals surface area contributed by atoms with Crippen molar-refractivity contribution < 1.29 is 9.90 Å². The van der Waals surface area contributed by atoms with Crippen LogP contribution in [-0.2, 0) is 4.79 Å². The van der Waals surface area contributed by atoms with Crippen LogP contribution in [0.5, 0.6) is 0 Å². The third kappa shape index (κ3) is 3.16. The van der Waals surface area contributed by atoms with Crippen LogP contribution >= 0.6 is 15.9 Å². The summed E-state index contributed by atoms with van der Waals surface area (Å²) in [7, 11) is 0. The summed E-state index contributed by atoms with van der Waals surface area (Å²) in [5.74, 6) is -0.749. The molecule has 6 heteroatoms. The number of hydrogen-bond acceptors (Lipinski definition) is 3. The van der Waals surface area contributed by atoms with Gasteiger partial charge in [0.25, 0.3) is 0 Å². The summed E-state index contributed by atoms with van der Waals surface area (Å²) in [5, 5.41) is 17.6. The van der Waals surface area contributed by atoms with Crippen LogP contribution in [0.1, 0.15) is 57.0 Å². The smallest absolute Gasteiger partial charge is 0.323 e. The number of carbonyl (C=O) groups is 1. The van der Waals surface area contributed by atoms with Crippen molar-refractivity contribution in [2.45, 2.75) is 71.0 Å². The van der Waals surface area contributed by atoms with Crippen LogP contribution in [-0.4, -0.2) is 32.4 Å². The monoisotopic (exact) mass is 357 g/mol. The van der Waals surface area contributed by atoms with Gasteiger partial charge in [-0.1, -0.05) is 0 Å². The van der Waals surface area contributed by atoms with E-state index >= 15 is 0 Å². The predicted octanol–water partition coefficient (Wildman–Crippen LogP) is 3.20. The molecule has 2 N–H and O–H groups in total. The maximum atomic E-state index is 11.8. The Morgan fingerprint density at radius 3 is 2.67 bits per heavy atom. The van der Waals surface area contributed by atoms with E-state index in [1.54, 1.807) is 0 Å². The minimum atomic E-state index is -0.837. The Bertz CT molecular complexity index is 541. The van der Waals surface area contributed by atoms with Gasteiger partial charge in [-0.3, -0.25) is 14.8 Å². The third-order valence-electron chi connectivity index (χ3n) is 4.28. The highest BCUT2D eigenvalue weighted by atomic mass is 79.9. The van der Waals surface area contributed by atoms with E-state index in [1.165, 1.54) is 0 Å². The van der Waals surface area contributed by atoms with Crippen molar-refractivity contribution in [1.29, 1.82) is 0 Å². The van der Waals surface area contributed by atoms with E-state index in [0.29, 0.717) is 12.8 Å². The second-order valence-electron chi connectivity index (χ2n) is 6.37. The molecule has 2 atom stereocenters. The predicted molar refractivity (Wildman–Crippen MR) is 85.5 cm³/mol. The van der Waals surface area contributed by atoms with Gasteiger partial charge < -0.3 is 5.11 Å². The lowest BCUT2D eigenvalue weighted by atomic mass is 9.78. The summed E-state index contributed by atoms with van der Waals surface area (Å²) >= 11 is 3.55. The van der Waals surface area contributed by atoms with E-state index in [1.807, 2.05) is 32.4 Å². The molecule has 0 bridgehead atoms. The summed E-state index contributed by atoms with van der Waals surface area (Å²) in [6, 6.07) is 0.276. The molecule has 1 aliphatic carbocycles. The molecule has 0 radical (unpaired) electrons. The van der Waals surface area contributed by atoms with Gasteiger partial charge in [-0.05, 0) is 69.3 Å². The average molecular weight is 358 g/mol. The summed E-state index contributed by atoms with van der Waals surface area (Å²) in [5.41, 5.74) is 1.19. The highest BCUT2D eigenvalue weighted by molar-refractivity contribution is 9.10. The minimum absolute atomic E-state index is 0.131. The second kappa shape index (κ2) is 6.08. The van der Waals surface area contributed by atoms with Crippen molar-refractivity contribution in [3.05, 3.63) is 15.9 Å². The number of nitrogens with one attached hydrogen (secondary N) is 1. The maximum absolute atomic E-state index is 11.8. The fourth-order valence-electron chi connectivity index (χ4n) is 3.39. The first-order chi connectivity index (χ1) is 9.77. The van der Waals surface area contributed by atoms with Gasteiger partial charge in [-0.2, -0.15) is 5.10 Å². The zero-order valence-electron chi connectivity index (χ0n) is 13.1. The van der Waals surface area contributed by atoms with Crippen LogP contribution in [0.25, 0.3) is 0 Å². The van der Waals surface area contributed by atoms with E-state index < -0.39 is 11.5 Å². The SMILES string of the molecule is Cc1nn(C2CCCC(NC(C)C)(C(=O)O)C2)c(C)c1Br. The molecule has 1 fully saturated rings. The topological polar surface area (TPSA) is 67.2 Å². The molecule has 0 aliphatic heterocycles. The molecule has 118 valence electrons. The standard InChI is InChI=1S/C15H24BrN3O2/c1-9(2)17-15(14(20)21)7-5-6-12(8-15)19-11(4)13(16)10(3)18-19/h9,12,17H,5-8H2,1-4H3,(H,20,21). The molecule has 5 nitrogen and oxygen atoms in total. The van der Waals surface area contributed by atoms with Crippen molar-refractivity contribution in [3.8, 4) is 0 Å². The molecule has 1 saturated carbocycles. The average Bonchev–Trinajstić information content (AvgIpc) is 2.66. The minimum Gasteiger partial charge on any atom is -0.480 e. The fraction of sp³-hybridized carbons (Fsp3) is 0.733. The molecule has 1 aromatic rings. The first kappa shape index (κ1) is 16.5. The Balaban J connectivity index is 2.30. The number of aliphatic carboxylic acids is 1. The fourth-order valence-corrected chi connectivity index (χ4v) is 3.65. The first-order valence-corrected chi connectivity index (χ1v) is 8.28. The van der Waals surface area contributed by atoms with E-state index in [0.717, 1.165) is 28.7 Å². The molecule has 2 unspecified atom stereocenters. The molecular weight excluding hydrogens is 334 g/mol. The van der Waals surface area contributed by atoms with Crippen LogP contribution in [0, 0.1) is 13.8 Å². The summed E-state index contributed by atoms with van der Waals surface area (Å²) in [6.07, 6.45) is 3.13. The number of rotatable bonds is 4. The zero-order chi connectivity index (χ0) is 15.8. The Hall–Kier alpha value is -0.880. The van der Waals surface area contributed by atoms with Crippen LogP contribution in [0.15, 0.2) is 4.47 Å². The highest BCUT2D eigenvalue weighted by Gasteiger charge is 2.44. The third-order valence-corrected chi connectivity index (χ3v) is 5.43. The molecule has 21 heavy (non-hydrogen) atoms. The van der Waals surface area contributed by atoms with E-state index in [4.69, 9.17) is 0 Å². The van der Waals surface area contributed by atoms with Gasteiger partial charge in [0.15, 0.2) is 0 Å². The normalized spacial score (nSPS) is 26.3. The van der Waals surface area contributed by atoms with Gasteiger partial charge in [0.05, 0.1) is 21.9 Å². The largest absolute Gasteiger partial charge is 0.480 e. The number of nitrogens with zero attached hydrogens (tertiary/aromatic N) is 2. The van der Waals surface area contributed by atoms with Crippen LogP contribution in [0.3, 0.4) is 0 Å². The first-order valence-electron chi connectivity index (χ1n) is 7.49. The number of carboxylic acids is 1. The number of carboxylic acid groups (broad SMARTS) is 1. The molecule has 1 heterocycles. The lowest BCUT2D eigenvalue weighted by Gasteiger charge is -2.40. The Labute approximate surface area is 134 Å². The molecule has 0 amide bonds. The number of aromatic nitrogens is 2. The van der Waals surface area contributed by atoms with Crippen LogP contribution in [0.4, 0.5) is 0 Å². The Kier molecular flexibility index (Phi) is 4.78.